The van der Waals surface area contributed by atoms with E-state index in [2.05, 4.69) is 15.0 Å². The molecule has 0 aliphatic carbocycles. The van der Waals surface area contributed by atoms with Crippen LogP contribution in [0.15, 0.2) is 35.5 Å². The number of aryl methyl sites for hydroxylation is 1. The van der Waals surface area contributed by atoms with Crippen molar-refractivity contribution in [2.75, 3.05) is 6.26 Å². The normalized spacial score (nSPS) is 11.8. The van der Waals surface area contributed by atoms with Crippen LogP contribution in [-0.4, -0.2) is 35.4 Å². The number of H-pyrrole nitrogens is 1. The molecule has 1 N–H and O–H groups in total. The Morgan fingerprint density at radius 1 is 1.21 bits per heavy atom. The average Bonchev–Trinajstić information content (AvgIpc) is 2.82. The maximum atomic E-state index is 11.6. The SMILES string of the molecule is CC(=O)c1ccc2[nH]c(C)c(Cc3ccc(S(C)(=O)=O)nc3)c2n1. The summed E-state index contributed by atoms with van der Waals surface area (Å²) in [4.78, 5) is 23.3. The number of sulfone groups is 1. The minimum absolute atomic E-state index is 0.0545. The molecule has 0 saturated heterocycles. The lowest BCUT2D eigenvalue weighted by molar-refractivity contribution is 0.101. The highest BCUT2D eigenvalue weighted by Gasteiger charge is 2.14. The summed E-state index contributed by atoms with van der Waals surface area (Å²) >= 11 is 0. The van der Waals surface area contributed by atoms with Gasteiger partial charge in [0.15, 0.2) is 20.6 Å². The Morgan fingerprint density at radius 2 is 1.96 bits per heavy atom. The maximum absolute atomic E-state index is 11.6. The fourth-order valence-electron chi connectivity index (χ4n) is 2.60. The number of Topliss-reactive ketones (excluding diaryl/α,β-unsaturated/α-hetero) is 1. The van der Waals surface area contributed by atoms with Gasteiger partial charge in [-0.1, -0.05) is 6.07 Å². The first-order valence-corrected chi connectivity index (χ1v) is 9.29. The number of aromatic amines is 1. The number of pyridine rings is 2. The summed E-state index contributed by atoms with van der Waals surface area (Å²) < 4.78 is 23.0. The zero-order valence-corrected chi connectivity index (χ0v) is 14.4. The van der Waals surface area contributed by atoms with Gasteiger partial charge in [0.1, 0.15) is 5.69 Å². The minimum atomic E-state index is -3.31. The lowest BCUT2D eigenvalue weighted by Gasteiger charge is -2.04. The molecule has 3 aromatic rings. The molecular formula is C17H17N3O3S. The largest absolute Gasteiger partial charge is 0.357 e. The first-order valence-electron chi connectivity index (χ1n) is 7.40. The molecule has 7 heteroatoms. The first kappa shape index (κ1) is 16.3. The number of hydrogen-bond donors (Lipinski definition) is 1. The van der Waals surface area contributed by atoms with E-state index in [-0.39, 0.29) is 10.8 Å². The molecule has 0 bridgehead atoms. The molecule has 0 atom stereocenters. The van der Waals surface area contributed by atoms with Crippen molar-refractivity contribution in [3.05, 3.63) is 53.0 Å². The lowest BCUT2D eigenvalue weighted by Crippen LogP contribution is -2.01. The van der Waals surface area contributed by atoms with Crippen molar-refractivity contribution in [2.24, 2.45) is 0 Å². The molecule has 24 heavy (non-hydrogen) atoms. The fourth-order valence-corrected chi connectivity index (χ4v) is 3.16. The van der Waals surface area contributed by atoms with Crippen LogP contribution < -0.4 is 0 Å². The van der Waals surface area contributed by atoms with Gasteiger partial charge < -0.3 is 4.98 Å². The number of fused-ring (bicyclic) bond motifs is 1. The summed E-state index contributed by atoms with van der Waals surface area (Å²) in [7, 11) is -3.31. The summed E-state index contributed by atoms with van der Waals surface area (Å²) in [5.74, 6) is -0.0825. The van der Waals surface area contributed by atoms with Crippen LogP contribution in [0.4, 0.5) is 0 Å². The number of hydrogen-bond acceptors (Lipinski definition) is 5. The Labute approximate surface area is 139 Å². The van der Waals surface area contributed by atoms with Crippen LogP contribution in [0.5, 0.6) is 0 Å². The molecule has 6 nitrogen and oxygen atoms in total. The topological polar surface area (TPSA) is 92.8 Å². The van der Waals surface area contributed by atoms with E-state index in [1.54, 1.807) is 18.3 Å². The molecule has 3 rings (SSSR count). The van der Waals surface area contributed by atoms with Crippen molar-refractivity contribution >= 4 is 26.7 Å². The summed E-state index contributed by atoms with van der Waals surface area (Å²) in [6, 6.07) is 6.80. The molecule has 3 aromatic heterocycles. The Kier molecular flexibility index (Phi) is 3.96. The van der Waals surface area contributed by atoms with Crippen molar-refractivity contribution in [3.63, 3.8) is 0 Å². The molecular weight excluding hydrogens is 326 g/mol. The Balaban J connectivity index is 2.01. The van der Waals surface area contributed by atoms with Gasteiger partial charge in [-0.15, -0.1) is 0 Å². The van der Waals surface area contributed by atoms with E-state index in [0.29, 0.717) is 12.1 Å². The predicted molar refractivity (Wildman–Crippen MR) is 91.0 cm³/mol. The Bertz CT molecular complexity index is 1030. The Morgan fingerprint density at radius 3 is 2.54 bits per heavy atom. The quantitative estimate of drug-likeness (QED) is 0.735. The van der Waals surface area contributed by atoms with E-state index >= 15 is 0 Å². The van der Waals surface area contributed by atoms with Crippen LogP contribution in [0, 0.1) is 6.92 Å². The summed E-state index contributed by atoms with van der Waals surface area (Å²) in [6.07, 6.45) is 3.24. The van der Waals surface area contributed by atoms with E-state index in [1.165, 1.54) is 13.0 Å². The van der Waals surface area contributed by atoms with Crippen molar-refractivity contribution < 1.29 is 13.2 Å². The summed E-state index contributed by atoms with van der Waals surface area (Å²) in [5, 5.41) is 0.0545. The maximum Gasteiger partial charge on any atom is 0.192 e. The van der Waals surface area contributed by atoms with Gasteiger partial charge in [0.05, 0.1) is 11.0 Å². The van der Waals surface area contributed by atoms with Crippen LogP contribution in [-0.2, 0) is 16.3 Å². The van der Waals surface area contributed by atoms with Gasteiger partial charge in [-0.25, -0.2) is 18.4 Å². The van der Waals surface area contributed by atoms with Crippen molar-refractivity contribution in [3.8, 4) is 0 Å². The summed E-state index contributed by atoms with van der Waals surface area (Å²) in [6.45, 7) is 3.43. The fraction of sp³-hybridized carbons (Fsp3) is 0.235. The van der Waals surface area contributed by atoms with Crippen LogP contribution in [0.2, 0.25) is 0 Å². The van der Waals surface area contributed by atoms with Gasteiger partial charge in [-0.2, -0.15) is 0 Å². The molecule has 0 radical (unpaired) electrons. The highest BCUT2D eigenvalue weighted by atomic mass is 32.2. The van der Waals surface area contributed by atoms with E-state index in [4.69, 9.17) is 0 Å². The van der Waals surface area contributed by atoms with Gasteiger partial charge in [0.25, 0.3) is 0 Å². The second kappa shape index (κ2) is 5.83. The van der Waals surface area contributed by atoms with Crippen LogP contribution in [0.25, 0.3) is 11.0 Å². The number of nitrogens with zero attached hydrogens (tertiary/aromatic N) is 2. The third kappa shape index (κ3) is 3.07. The number of nitrogens with one attached hydrogen (secondary N) is 1. The first-order chi connectivity index (χ1) is 11.3. The molecule has 0 aliphatic rings. The van der Waals surface area contributed by atoms with Gasteiger partial charge in [0.2, 0.25) is 0 Å². The van der Waals surface area contributed by atoms with E-state index in [1.807, 2.05) is 13.0 Å². The average molecular weight is 343 g/mol. The van der Waals surface area contributed by atoms with Crippen molar-refractivity contribution in [1.82, 2.24) is 15.0 Å². The van der Waals surface area contributed by atoms with Gasteiger partial charge in [0, 0.05) is 37.1 Å². The van der Waals surface area contributed by atoms with Crippen LogP contribution in [0.3, 0.4) is 0 Å². The van der Waals surface area contributed by atoms with Crippen molar-refractivity contribution in [1.29, 1.82) is 0 Å². The number of ketones is 1. The smallest absolute Gasteiger partial charge is 0.192 e. The van der Waals surface area contributed by atoms with E-state index < -0.39 is 9.84 Å². The van der Waals surface area contributed by atoms with Crippen molar-refractivity contribution in [2.45, 2.75) is 25.3 Å². The van der Waals surface area contributed by atoms with Gasteiger partial charge in [-0.05, 0) is 30.7 Å². The molecule has 0 fully saturated rings. The third-order valence-electron chi connectivity index (χ3n) is 3.88. The minimum Gasteiger partial charge on any atom is -0.357 e. The van der Waals surface area contributed by atoms with E-state index in [9.17, 15) is 13.2 Å². The van der Waals surface area contributed by atoms with Gasteiger partial charge in [-0.3, -0.25) is 4.79 Å². The standard InChI is InChI=1S/C17H17N3O3S/c1-10-13(8-12-4-7-16(18-9-12)24(3,22)23)17-15(19-10)6-5-14(20-17)11(2)21/h4-7,9,19H,8H2,1-3H3. The number of carbonyl (C=O) groups excluding carboxylic acids is 1. The molecule has 0 spiro atoms. The lowest BCUT2D eigenvalue weighted by atomic mass is 10.1. The molecule has 0 saturated carbocycles. The Hall–Kier alpha value is -2.54. The van der Waals surface area contributed by atoms with Crippen LogP contribution >= 0.6 is 0 Å². The number of carbonyl (C=O) groups is 1. The molecule has 124 valence electrons. The van der Waals surface area contributed by atoms with Crippen LogP contribution in [0.1, 0.15) is 34.2 Å². The molecule has 0 unspecified atom stereocenters. The van der Waals surface area contributed by atoms with Gasteiger partial charge >= 0.3 is 0 Å². The molecule has 0 aliphatic heterocycles. The number of rotatable bonds is 4. The summed E-state index contributed by atoms with van der Waals surface area (Å²) in [5.41, 5.74) is 4.86. The highest BCUT2D eigenvalue weighted by molar-refractivity contribution is 7.90. The second-order valence-corrected chi connectivity index (χ2v) is 7.79. The predicted octanol–water partition coefficient (Wildman–Crippen LogP) is 2.46. The molecule has 0 aromatic carbocycles. The zero-order chi connectivity index (χ0) is 17.5. The van der Waals surface area contributed by atoms with E-state index in [0.717, 1.165) is 34.1 Å². The molecule has 0 amide bonds. The second-order valence-electron chi connectivity index (χ2n) is 5.83. The number of aromatic nitrogens is 3. The monoisotopic (exact) mass is 343 g/mol. The molecule has 3 heterocycles. The zero-order valence-electron chi connectivity index (χ0n) is 13.6. The third-order valence-corrected chi connectivity index (χ3v) is 4.88. The highest BCUT2D eigenvalue weighted by Crippen LogP contribution is 2.24.